The summed E-state index contributed by atoms with van der Waals surface area (Å²) >= 11 is 1.59. The Morgan fingerprint density at radius 1 is 1.40 bits per heavy atom. The van der Waals surface area contributed by atoms with Crippen LogP contribution in [-0.4, -0.2) is 20.7 Å². The average Bonchev–Trinajstić information content (AvgIpc) is 3.35. The van der Waals surface area contributed by atoms with Gasteiger partial charge in [-0.2, -0.15) is 5.10 Å². The smallest absolute Gasteiger partial charge is 0.252 e. The number of hydrogen-bond donors (Lipinski definition) is 1. The van der Waals surface area contributed by atoms with Gasteiger partial charge >= 0.3 is 0 Å². The molecular weight excluding hydrogens is 336 g/mol. The lowest BCUT2D eigenvalue weighted by molar-refractivity contribution is 0.0952. The van der Waals surface area contributed by atoms with E-state index in [4.69, 9.17) is 9.40 Å². The predicted molar refractivity (Wildman–Crippen MR) is 96.4 cm³/mol. The van der Waals surface area contributed by atoms with E-state index < -0.39 is 0 Å². The minimum atomic E-state index is -0.150. The van der Waals surface area contributed by atoms with Crippen molar-refractivity contribution < 1.29 is 9.21 Å². The number of rotatable bonds is 4. The van der Waals surface area contributed by atoms with Crippen molar-refractivity contribution in [1.29, 1.82) is 0 Å². The summed E-state index contributed by atoms with van der Waals surface area (Å²) in [6, 6.07) is 7.64. The Labute approximate surface area is 148 Å². The van der Waals surface area contributed by atoms with E-state index in [9.17, 15) is 4.79 Å². The molecule has 0 radical (unpaired) electrons. The fourth-order valence-corrected chi connectivity index (χ4v) is 3.53. The van der Waals surface area contributed by atoms with Gasteiger partial charge in [0.2, 0.25) is 0 Å². The fourth-order valence-electron chi connectivity index (χ4n) is 2.85. The van der Waals surface area contributed by atoms with Crippen LogP contribution in [0.2, 0.25) is 0 Å². The molecule has 6 nitrogen and oxygen atoms in total. The first-order chi connectivity index (χ1) is 12.1. The lowest BCUT2D eigenvalue weighted by atomic mass is 10.1. The number of aromatic nitrogens is 3. The van der Waals surface area contributed by atoms with Crippen LogP contribution < -0.4 is 5.32 Å². The van der Waals surface area contributed by atoms with Gasteiger partial charge in [0.15, 0.2) is 5.65 Å². The first-order valence-corrected chi connectivity index (χ1v) is 8.69. The van der Waals surface area contributed by atoms with Crippen molar-refractivity contribution >= 4 is 28.3 Å². The van der Waals surface area contributed by atoms with Crippen molar-refractivity contribution in [2.45, 2.75) is 13.5 Å². The summed E-state index contributed by atoms with van der Waals surface area (Å²) in [5, 5.41) is 10.1. The third-order valence-electron chi connectivity index (χ3n) is 4.02. The molecule has 25 heavy (non-hydrogen) atoms. The highest BCUT2D eigenvalue weighted by atomic mass is 32.1. The number of carbonyl (C=O) groups excluding carboxylic acids is 1. The Balaban J connectivity index is 1.79. The third kappa shape index (κ3) is 2.83. The van der Waals surface area contributed by atoms with E-state index in [-0.39, 0.29) is 5.91 Å². The Hall–Kier alpha value is -2.93. The van der Waals surface area contributed by atoms with Gasteiger partial charge in [0, 0.05) is 19.2 Å². The Kier molecular flexibility index (Phi) is 3.85. The number of nitrogens with one attached hydrogen (secondary N) is 1. The zero-order valence-corrected chi connectivity index (χ0v) is 14.6. The highest BCUT2D eigenvalue weighted by molar-refractivity contribution is 7.13. The normalized spacial score (nSPS) is 11.1. The molecule has 4 heterocycles. The number of aryl methyl sites for hydroxylation is 2. The van der Waals surface area contributed by atoms with Crippen molar-refractivity contribution in [2.24, 2.45) is 7.05 Å². The van der Waals surface area contributed by atoms with Gasteiger partial charge in [0.1, 0.15) is 0 Å². The third-order valence-corrected chi connectivity index (χ3v) is 4.91. The molecule has 0 saturated heterocycles. The lowest BCUT2D eigenvalue weighted by Gasteiger charge is -2.08. The molecule has 0 saturated carbocycles. The van der Waals surface area contributed by atoms with E-state index in [0.29, 0.717) is 17.8 Å². The molecule has 126 valence electrons. The van der Waals surface area contributed by atoms with Crippen LogP contribution in [0.4, 0.5) is 0 Å². The van der Waals surface area contributed by atoms with Crippen LogP contribution in [0.25, 0.3) is 21.6 Å². The molecule has 0 bridgehead atoms. The second-order valence-corrected chi connectivity index (χ2v) is 6.70. The van der Waals surface area contributed by atoms with E-state index in [2.05, 4.69) is 10.4 Å². The number of amides is 1. The van der Waals surface area contributed by atoms with Crippen LogP contribution in [0.3, 0.4) is 0 Å². The van der Waals surface area contributed by atoms with E-state index in [0.717, 1.165) is 27.2 Å². The Morgan fingerprint density at radius 3 is 3.00 bits per heavy atom. The average molecular weight is 352 g/mol. The molecule has 0 unspecified atom stereocenters. The molecule has 0 aliphatic rings. The van der Waals surface area contributed by atoms with Gasteiger partial charge in [-0.15, -0.1) is 11.3 Å². The minimum absolute atomic E-state index is 0.150. The number of furan rings is 1. The molecule has 0 aromatic carbocycles. The summed E-state index contributed by atoms with van der Waals surface area (Å²) in [5.74, 6) is -0.150. The maximum atomic E-state index is 12.8. The number of carbonyl (C=O) groups is 1. The first-order valence-electron chi connectivity index (χ1n) is 7.81. The summed E-state index contributed by atoms with van der Waals surface area (Å²) in [4.78, 5) is 18.6. The molecule has 4 aromatic heterocycles. The first kappa shape index (κ1) is 15.6. The van der Waals surface area contributed by atoms with Crippen LogP contribution >= 0.6 is 11.3 Å². The van der Waals surface area contributed by atoms with E-state index in [1.54, 1.807) is 28.5 Å². The Morgan fingerprint density at radius 2 is 2.28 bits per heavy atom. The Bertz CT molecular complexity index is 1030. The second-order valence-electron chi connectivity index (χ2n) is 5.75. The molecule has 0 spiro atoms. The number of fused-ring (bicyclic) bond motifs is 1. The summed E-state index contributed by atoms with van der Waals surface area (Å²) < 4.78 is 6.76. The zero-order valence-electron chi connectivity index (χ0n) is 13.8. The number of hydrogen-bond acceptors (Lipinski definition) is 5. The summed E-state index contributed by atoms with van der Waals surface area (Å²) in [5.41, 5.74) is 3.77. The summed E-state index contributed by atoms with van der Waals surface area (Å²) in [6.45, 7) is 2.30. The fraction of sp³-hybridized carbons (Fsp3) is 0.167. The van der Waals surface area contributed by atoms with Crippen molar-refractivity contribution in [2.75, 3.05) is 0 Å². The van der Waals surface area contributed by atoms with E-state index in [1.807, 2.05) is 43.6 Å². The van der Waals surface area contributed by atoms with Crippen molar-refractivity contribution in [3.63, 3.8) is 0 Å². The molecule has 1 N–H and O–H groups in total. The molecular formula is C18H16N4O2S. The highest BCUT2D eigenvalue weighted by Crippen LogP contribution is 2.29. The topological polar surface area (TPSA) is 73.0 Å². The van der Waals surface area contributed by atoms with Gasteiger partial charge in [-0.1, -0.05) is 6.07 Å². The van der Waals surface area contributed by atoms with Gasteiger partial charge in [-0.3, -0.25) is 9.48 Å². The van der Waals surface area contributed by atoms with Gasteiger partial charge in [0.25, 0.3) is 5.91 Å². The van der Waals surface area contributed by atoms with Crippen LogP contribution in [0.5, 0.6) is 0 Å². The molecule has 0 fully saturated rings. The van der Waals surface area contributed by atoms with Crippen LogP contribution in [0.15, 0.2) is 46.6 Å². The van der Waals surface area contributed by atoms with E-state index >= 15 is 0 Å². The maximum absolute atomic E-state index is 12.8. The van der Waals surface area contributed by atoms with Gasteiger partial charge in [-0.05, 0) is 30.5 Å². The molecule has 4 aromatic rings. The number of pyridine rings is 1. The molecule has 4 rings (SSSR count). The zero-order chi connectivity index (χ0) is 17.4. The predicted octanol–water partition coefficient (Wildman–Crippen LogP) is 3.53. The number of nitrogens with zero attached hydrogens (tertiary/aromatic N) is 3. The molecule has 1 amide bonds. The molecule has 7 heteroatoms. The largest absolute Gasteiger partial charge is 0.472 e. The van der Waals surface area contributed by atoms with Gasteiger partial charge in [0.05, 0.1) is 39.7 Å². The molecule has 0 aliphatic heterocycles. The SMILES string of the molecule is Cc1nn(C)c2nc(-c3cccs3)cc(C(=O)NCc3ccoc3)c12. The van der Waals surface area contributed by atoms with Crippen molar-refractivity contribution in [3.05, 3.63) is 59.0 Å². The molecule has 0 aliphatic carbocycles. The lowest BCUT2D eigenvalue weighted by Crippen LogP contribution is -2.23. The summed E-state index contributed by atoms with van der Waals surface area (Å²) in [6.07, 6.45) is 3.21. The number of thiophene rings is 1. The van der Waals surface area contributed by atoms with E-state index in [1.165, 1.54) is 0 Å². The maximum Gasteiger partial charge on any atom is 0.252 e. The summed E-state index contributed by atoms with van der Waals surface area (Å²) in [7, 11) is 1.84. The van der Waals surface area contributed by atoms with Crippen molar-refractivity contribution in [1.82, 2.24) is 20.1 Å². The van der Waals surface area contributed by atoms with Gasteiger partial charge < -0.3 is 9.73 Å². The minimum Gasteiger partial charge on any atom is -0.472 e. The second kappa shape index (κ2) is 6.18. The van der Waals surface area contributed by atoms with Gasteiger partial charge in [-0.25, -0.2) is 4.98 Å². The quantitative estimate of drug-likeness (QED) is 0.610. The van der Waals surface area contributed by atoms with Crippen LogP contribution in [-0.2, 0) is 13.6 Å². The highest BCUT2D eigenvalue weighted by Gasteiger charge is 2.19. The van der Waals surface area contributed by atoms with Crippen LogP contribution in [0.1, 0.15) is 21.6 Å². The molecule has 0 atom stereocenters. The standard InChI is InChI=1S/C18H16N4O2S/c1-11-16-13(18(23)19-9-12-5-6-24-10-12)8-14(15-4-3-7-25-15)20-17(16)22(2)21-11/h3-8,10H,9H2,1-2H3,(H,19,23). The monoisotopic (exact) mass is 352 g/mol. The van der Waals surface area contributed by atoms with Crippen LogP contribution in [0, 0.1) is 6.92 Å². The van der Waals surface area contributed by atoms with Crippen molar-refractivity contribution in [3.8, 4) is 10.6 Å².